The van der Waals surface area contributed by atoms with Gasteiger partial charge in [-0.1, -0.05) is 57.0 Å². The van der Waals surface area contributed by atoms with Gasteiger partial charge in [0.25, 0.3) is 0 Å². The molecule has 19 heavy (non-hydrogen) atoms. The Hall–Kier alpha value is -0.240. The monoisotopic (exact) mass is 301 g/mol. The Balaban J connectivity index is 2.76. The van der Waals surface area contributed by atoms with Gasteiger partial charge in [-0.25, -0.2) is 0 Å². The van der Waals surface area contributed by atoms with Crippen molar-refractivity contribution in [3.8, 4) is 0 Å². The molecule has 1 aromatic rings. The predicted molar refractivity (Wildman–Crippen MR) is 86.3 cm³/mol. The average molecular weight is 302 g/mol. The highest BCUT2D eigenvalue weighted by atomic mass is 35.5. The van der Waals surface area contributed by atoms with Gasteiger partial charge < -0.3 is 5.32 Å². The van der Waals surface area contributed by atoms with Crippen molar-refractivity contribution in [1.82, 2.24) is 5.32 Å². The Bertz CT molecular complexity index is 396. The first-order valence-corrected chi connectivity index (χ1v) is 7.74. The fourth-order valence-corrected chi connectivity index (χ4v) is 2.58. The standard InChI is InChI=1S/C16H25Cl2N/c1-5-8-19-11-13(16(2,3)4)9-12-6-7-14(17)10-15(12)18/h6-7,10,13,19H,5,8-9,11H2,1-4H3. The highest BCUT2D eigenvalue weighted by molar-refractivity contribution is 6.35. The molecule has 0 aliphatic rings. The van der Waals surface area contributed by atoms with Gasteiger partial charge in [0, 0.05) is 10.0 Å². The van der Waals surface area contributed by atoms with E-state index in [4.69, 9.17) is 23.2 Å². The molecule has 0 aromatic heterocycles. The SMILES string of the molecule is CCCNCC(Cc1ccc(Cl)cc1Cl)C(C)(C)C. The number of benzene rings is 1. The minimum atomic E-state index is 0.254. The van der Waals surface area contributed by atoms with Crippen molar-refractivity contribution < 1.29 is 0 Å². The zero-order valence-electron chi connectivity index (χ0n) is 12.4. The minimum absolute atomic E-state index is 0.254. The van der Waals surface area contributed by atoms with Gasteiger partial charge in [-0.2, -0.15) is 0 Å². The van der Waals surface area contributed by atoms with Gasteiger partial charge >= 0.3 is 0 Å². The molecule has 1 rings (SSSR count). The third-order valence-electron chi connectivity index (χ3n) is 3.52. The second-order valence-electron chi connectivity index (χ2n) is 6.21. The molecule has 1 N–H and O–H groups in total. The summed E-state index contributed by atoms with van der Waals surface area (Å²) in [4.78, 5) is 0. The highest BCUT2D eigenvalue weighted by Gasteiger charge is 2.25. The van der Waals surface area contributed by atoms with Crippen LogP contribution in [0.5, 0.6) is 0 Å². The van der Waals surface area contributed by atoms with Crippen LogP contribution in [0.4, 0.5) is 0 Å². The molecule has 0 bridgehead atoms. The first-order chi connectivity index (χ1) is 8.84. The molecule has 0 heterocycles. The van der Waals surface area contributed by atoms with Crippen LogP contribution in [0.2, 0.25) is 10.0 Å². The smallest absolute Gasteiger partial charge is 0.0452 e. The largest absolute Gasteiger partial charge is 0.316 e. The van der Waals surface area contributed by atoms with E-state index in [0.29, 0.717) is 10.9 Å². The second kappa shape index (κ2) is 7.52. The summed E-state index contributed by atoms with van der Waals surface area (Å²) in [6.45, 7) is 11.1. The van der Waals surface area contributed by atoms with Crippen molar-refractivity contribution in [2.75, 3.05) is 13.1 Å². The Morgan fingerprint density at radius 2 is 1.89 bits per heavy atom. The van der Waals surface area contributed by atoms with E-state index in [2.05, 4.69) is 33.0 Å². The van der Waals surface area contributed by atoms with Gasteiger partial charge in [-0.05, 0) is 55.0 Å². The average Bonchev–Trinajstić information content (AvgIpc) is 2.29. The number of halogens is 2. The quantitative estimate of drug-likeness (QED) is 0.712. The lowest BCUT2D eigenvalue weighted by Gasteiger charge is -2.31. The fourth-order valence-electron chi connectivity index (χ4n) is 2.09. The Morgan fingerprint density at radius 1 is 1.21 bits per heavy atom. The zero-order valence-corrected chi connectivity index (χ0v) is 13.9. The Labute approximate surface area is 127 Å². The lowest BCUT2D eigenvalue weighted by atomic mass is 9.77. The van der Waals surface area contributed by atoms with Crippen LogP contribution in [0.15, 0.2) is 18.2 Å². The summed E-state index contributed by atoms with van der Waals surface area (Å²) in [6.07, 6.45) is 2.15. The minimum Gasteiger partial charge on any atom is -0.316 e. The van der Waals surface area contributed by atoms with Crippen LogP contribution in [0.3, 0.4) is 0 Å². The molecule has 0 aliphatic carbocycles. The lowest BCUT2D eigenvalue weighted by molar-refractivity contribution is 0.231. The molecule has 1 atom stereocenters. The van der Waals surface area contributed by atoms with Gasteiger partial charge in [0.2, 0.25) is 0 Å². The summed E-state index contributed by atoms with van der Waals surface area (Å²) in [7, 11) is 0. The first kappa shape index (κ1) is 16.8. The molecular weight excluding hydrogens is 277 g/mol. The molecule has 0 radical (unpaired) electrons. The van der Waals surface area contributed by atoms with Crippen molar-refractivity contribution in [2.24, 2.45) is 11.3 Å². The molecule has 3 heteroatoms. The number of rotatable bonds is 6. The molecule has 0 aliphatic heterocycles. The van der Waals surface area contributed by atoms with Crippen LogP contribution >= 0.6 is 23.2 Å². The first-order valence-electron chi connectivity index (χ1n) is 6.99. The third kappa shape index (κ3) is 5.72. The van der Waals surface area contributed by atoms with Crippen molar-refractivity contribution in [2.45, 2.75) is 40.5 Å². The number of nitrogens with one attached hydrogen (secondary N) is 1. The van der Waals surface area contributed by atoms with E-state index < -0.39 is 0 Å². The maximum atomic E-state index is 6.28. The third-order valence-corrected chi connectivity index (χ3v) is 4.11. The van der Waals surface area contributed by atoms with Crippen LogP contribution in [0, 0.1) is 11.3 Å². The van der Waals surface area contributed by atoms with Gasteiger partial charge in [-0.15, -0.1) is 0 Å². The van der Waals surface area contributed by atoms with Crippen molar-refractivity contribution in [3.05, 3.63) is 33.8 Å². The zero-order chi connectivity index (χ0) is 14.5. The maximum Gasteiger partial charge on any atom is 0.0452 e. The lowest BCUT2D eigenvalue weighted by Crippen LogP contribution is -2.33. The van der Waals surface area contributed by atoms with Crippen LogP contribution in [-0.4, -0.2) is 13.1 Å². The molecule has 0 spiro atoms. The van der Waals surface area contributed by atoms with Crippen molar-refractivity contribution >= 4 is 23.2 Å². The van der Waals surface area contributed by atoms with Crippen LogP contribution in [0.25, 0.3) is 0 Å². The Kier molecular flexibility index (Phi) is 6.65. The second-order valence-corrected chi connectivity index (χ2v) is 7.05. The van der Waals surface area contributed by atoms with Gasteiger partial charge in [0.05, 0.1) is 0 Å². The summed E-state index contributed by atoms with van der Waals surface area (Å²) < 4.78 is 0. The van der Waals surface area contributed by atoms with E-state index in [1.54, 1.807) is 0 Å². The molecule has 0 saturated heterocycles. The molecule has 0 fully saturated rings. The number of hydrogen-bond donors (Lipinski definition) is 1. The Morgan fingerprint density at radius 3 is 2.42 bits per heavy atom. The molecule has 0 saturated carbocycles. The normalized spacial score (nSPS) is 13.6. The molecular formula is C16H25Cl2N. The topological polar surface area (TPSA) is 12.0 Å². The maximum absolute atomic E-state index is 6.28. The van der Waals surface area contributed by atoms with E-state index >= 15 is 0 Å². The van der Waals surface area contributed by atoms with Crippen LogP contribution < -0.4 is 5.32 Å². The molecule has 1 unspecified atom stereocenters. The summed E-state index contributed by atoms with van der Waals surface area (Å²) in [5, 5.41) is 5.00. The molecule has 108 valence electrons. The van der Waals surface area contributed by atoms with Crippen LogP contribution in [-0.2, 0) is 6.42 Å². The predicted octanol–water partition coefficient (Wildman–Crippen LogP) is 5.20. The van der Waals surface area contributed by atoms with Gasteiger partial charge in [-0.3, -0.25) is 0 Å². The molecule has 0 amide bonds. The van der Waals surface area contributed by atoms with Gasteiger partial charge in [0.1, 0.15) is 0 Å². The highest BCUT2D eigenvalue weighted by Crippen LogP contribution is 2.31. The van der Waals surface area contributed by atoms with E-state index in [-0.39, 0.29) is 5.41 Å². The summed E-state index contributed by atoms with van der Waals surface area (Å²) in [5.41, 5.74) is 1.44. The van der Waals surface area contributed by atoms with E-state index in [1.807, 2.05) is 18.2 Å². The summed E-state index contributed by atoms with van der Waals surface area (Å²) in [5.74, 6) is 0.553. The van der Waals surface area contributed by atoms with Gasteiger partial charge in [0.15, 0.2) is 0 Å². The van der Waals surface area contributed by atoms with Crippen LogP contribution in [0.1, 0.15) is 39.7 Å². The van der Waals surface area contributed by atoms with Crippen molar-refractivity contribution in [3.63, 3.8) is 0 Å². The van der Waals surface area contributed by atoms with Crippen molar-refractivity contribution in [1.29, 1.82) is 0 Å². The van der Waals surface area contributed by atoms with E-state index in [0.717, 1.165) is 24.5 Å². The molecule has 1 nitrogen and oxygen atoms in total. The number of hydrogen-bond acceptors (Lipinski definition) is 1. The summed E-state index contributed by atoms with van der Waals surface area (Å²) in [6, 6.07) is 5.79. The molecule has 1 aromatic carbocycles. The van der Waals surface area contributed by atoms with E-state index in [9.17, 15) is 0 Å². The summed E-state index contributed by atoms with van der Waals surface area (Å²) >= 11 is 12.2. The fraction of sp³-hybridized carbons (Fsp3) is 0.625. The van der Waals surface area contributed by atoms with E-state index in [1.165, 1.54) is 12.0 Å².